The fraction of sp³-hybridized carbons (Fsp3) is 0.200. The Balaban J connectivity index is 2.02. The first-order valence-corrected chi connectivity index (χ1v) is 7.11. The summed E-state index contributed by atoms with van der Waals surface area (Å²) in [5, 5.41) is 0. The van der Waals surface area contributed by atoms with Gasteiger partial charge in [0.2, 0.25) is 0 Å². The molecule has 0 aliphatic carbocycles. The van der Waals surface area contributed by atoms with Crippen LogP contribution in [0.1, 0.15) is 21.6 Å². The molecular weight excluding hydrogens is 272 g/mol. The summed E-state index contributed by atoms with van der Waals surface area (Å²) in [4.78, 5) is 16.7. The largest absolute Gasteiger partial charge is 0.465 e. The van der Waals surface area contributed by atoms with Crippen LogP contribution in [-0.2, 0) is 10.5 Å². The standard InChI is InChI=1S/C15H16N2O2S/c1-10-7-12(16)4-6-14(10)20-9-13-5-3-11(8-17-13)15(18)19-2/h3-8H,9,16H2,1-2H3. The van der Waals surface area contributed by atoms with E-state index in [4.69, 9.17) is 5.73 Å². The summed E-state index contributed by atoms with van der Waals surface area (Å²) in [5.74, 6) is 0.373. The lowest BCUT2D eigenvalue weighted by atomic mass is 10.2. The zero-order chi connectivity index (χ0) is 14.5. The number of ether oxygens (including phenoxy) is 1. The van der Waals surface area contributed by atoms with Crippen LogP contribution in [0, 0.1) is 6.92 Å². The Hall–Kier alpha value is -2.01. The number of carbonyl (C=O) groups is 1. The van der Waals surface area contributed by atoms with E-state index in [1.807, 2.05) is 31.2 Å². The zero-order valence-corrected chi connectivity index (χ0v) is 12.2. The average molecular weight is 288 g/mol. The van der Waals surface area contributed by atoms with Crippen molar-refractivity contribution in [1.29, 1.82) is 0 Å². The molecule has 2 aromatic rings. The van der Waals surface area contributed by atoms with Gasteiger partial charge in [-0.2, -0.15) is 0 Å². The van der Waals surface area contributed by atoms with Crippen LogP contribution < -0.4 is 5.73 Å². The second-order valence-electron chi connectivity index (χ2n) is 4.34. The molecule has 1 aromatic carbocycles. The molecule has 0 saturated heterocycles. The molecule has 0 amide bonds. The lowest BCUT2D eigenvalue weighted by molar-refractivity contribution is 0.0600. The van der Waals surface area contributed by atoms with Gasteiger partial charge >= 0.3 is 5.97 Å². The van der Waals surface area contributed by atoms with Crippen molar-refractivity contribution in [3.8, 4) is 0 Å². The predicted octanol–water partition coefficient (Wildman–Crippen LogP) is 3.05. The number of esters is 1. The Morgan fingerprint density at radius 2 is 2.15 bits per heavy atom. The maximum absolute atomic E-state index is 11.3. The number of nitrogen functional groups attached to an aromatic ring is 1. The Morgan fingerprint density at radius 1 is 1.35 bits per heavy atom. The van der Waals surface area contributed by atoms with Gasteiger partial charge in [-0.05, 0) is 42.8 Å². The third kappa shape index (κ3) is 3.51. The number of hydrogen-bond acceptors (Lipinski definition) is 5. The van der Waals surface area contributed by atoms with Gasteiger partial charge in [0.25, 0.3) is 0 Å². The summed E-state index contributed by atoms with van der Waals surface area (Å²) in [6, 6.07) is 9.42. The Bertz CT molecular complexity index is 612. The quantitative estimate of drug-likeness (QED) is 0.532. The molecule has 0 unspecified atom stereocenters. The van der Waals surface area contributed by atoms with Gasteiger partial charge in [0.05, 0.1) is 18.4 Å². The molecule has 0 bridgehead atoms. The van der Waals surface area contributed by atoms with Crippen molar-refractivity contribution in [2.45, 2.75) is 17.6 Å². The molecular formula is C15H16N2O2S. The first kappa shape index (κ1) is 14.4. The van der Waals surface area contributed by atoms with Crippen LogP contribution >= 0.6 is 11.8 Å². The molecule has 0 spiro atoms. The molecule has 4 nitrogen and oxygen atoms in total. The van der Waals surface area contributed by atoms with Gasteiger partial charge in [-0.25, -0.2) is 4.79 Å². The number of thioether (sulfide) groups is 1. The summed E-state index contributed by atoms with van der Waals surface area (Å²) in [7, 11) is 1.36. The predicted molar refractivity (Wildman–Crippen MR) is 80.7 cm³/mol. The number of aromatic nitrogens is 1. The number of carbonyl (C=O) groups excluding carboxylic acids is 1. The lowest BCUT2D eigenvalue weighted by Gasteiger charge is -2.06. The number of benzene rings is 1. The van der Waals surface area contributed by atoms with Gasteiger partial charge in [-0.1, -0.05) is 0 Å². The number of methoxy groups -OCH3 is 1. The molecule has 1 heterocycles. The number of nitrogens with two attached hydrogens (primary N) is 1. The molecule has 20 heavy (non-hydrogen) atoms. The second kappa shape index (κ2) is 6.43. The highest BCUT2D eigenvalue weighted by molar-refractivity contribution is 7.98. The summed E-state index contributed by atoms with van der Waals surface area (Å²) < 4.78 is 4.64. The maximum Gasteiger partial charge on any atom is 0.339 e. The number of pyridine rings is 1. The average Bonchev–Trinajstić information content (AvgIpc) is 2.46. The molecule has 0 aliphatic rings. The van der Waals surface area contributed by atoms with Crippen LogP contribution in [-0.4, -0.2) is 18.1 Å². The number of aryl methyl sites for hydroxylation is 1. The van der Waals surface area contributed by atoms with E-state index >= 15 is 0 Å². The molecule has 0 radical (unpaired) electrons. The second-order valence-corrected chi connectivity index (χ2v) is 5.36. The van der Waals surface area contributed by atoms with E-state index < -0.39 is 0 Å². The first-order chi connectivity index (χ1) is 9.60. The van der Waals surface area contributed by atoms with Crippen LogP contribution in [0.3, 0.4) is 0 Å². The van der Waals surface area contributed by atoms with E-state index in [0.717, 1.165) is 22.7 Å². The first-order valence-electron chi connectivity index (χ1n) is 6.12. The smallest absolute Gasteiger partial charge is 0.339 e. The Labute approximate surface area is 122 Å². The van der Waals surface area contributed by atoms with Crippen molar-refractivity contribution in [2.24, 2.45) is 0 Å². The van der Waals surface area contributed by atoms with Crippen LogP contribution in [0.2, 0.25) is 0 Å². The number of anilines is 1. The van der Waals surface area contributed by atoms with E-state index in [1.54, 1.807) is 17.8 Å². The molecule has 2 rings (SSSR count). The third-order valence-electron chi connectivity index (χ3n) is 2.82. The van der Waals surface area contributed by atoms with Crippen molar-refractivity contribution in [2.75, 3.05) is 12.8 Å². The number of hydrogen-bond donors (Lipinski definition) is 1. The highest BCUT2D eigenvalue weighted by Gasteiger charge is 2.06. The molecule has 0 aliphatic heterocycles. The highest BCUT2D eigenvalue weighted by atomic mass is 32.2. The third-order valence-corrected chi connectivity index (χ3v) is 4.03. The zero-order valence-electron chi connectivity index (χ0n) is 11.4. The highest BCUT2D eigenvalue weighted by Crippen LogP contribution is 2.26. The Morgan fingerprint density at radius 3 is 2.75 bits per heavy atom. The maximum atomic E-state index is 11.3. The van der Waals surface area contributed by atoms with Gasteiger partial charge in [0.1, 0.15) is 0 Å². The minimum Gasteiger partial charge on any atom is -0.465 e. The lowest BCUT2D eigenvalue weighted by Crippen LogP contribution is -2.02. The molecule has 5 heteroatoms. The molecule has 0 saturated carbocycles. The fourth-order valence-corrected chi connectivity index (χ4v) is 2.66. The van der Waals surface area contributed by atoms with Crippen molar-refractivity contribution in [1.82, 2.24) is 4.98 Å². The normalized spacial score (nSPS) is 10.3. The van der Waals surface area contributed by atoms with Crippen molar-refractivity contribution in [3.05, 3.63) is 53.3 Å². The van der Waals surface area contributed by atoms with Gasteiger partial charge in [0, 0.05) is 22.5 Å². The van der Waals surface area contributed by atoms with E-state index in [0.29, 0.717) is 5.56 Å². The van der Waals surface area contributed by atoms with Gasteiger partial charge in [-0.15, -0.1) is 11.8 Å². The summed E-state index contributed by atoms with van der Waals surface area (Å²) in [5.41, 5.74) is 9.03. The molecule has 0 atom stereocenters. The van der Waals surface area contributed by atoms with E-state index in [-0.39, 0.29) is 5.97 Å². The minimum atomic E-state index is -0.369. The van der Waals surface area contributed by atoms with Gasteiger partial charge < -0.3 is 10.5 Å². The van der Waals surface area contributed by atoms with Crippen molar-refractivity contribution < 1.29 is 9.53 Å². The molecule has 104 valence electrons. The number of rotatable bonds is 4. The minimum absolute atomic E-state index is 0.369. The van der Waals surface area contributed by atoms with Crippen LogP contribution in [0.4, 0.5) is 5.69 Å². The fourth-order valence-electron chi connectivity index (χ4n) is 1.73. The summed E-state index contributed by atoms with van der Waals surface area (Å²) in [6.07, 6.45) is 1.54. The van der Waals surface area contributed by atoms with Crippen molar-refractivity contribution >= 4 is 23.4 Å². The summed E-state index contributed by atoms with van der Waals surface area (Å²) >= 11 is 1.69. The Kier molecular flexibility index (Phi) is 4.63. The van der Waals surface area contributed by atoms with Gasteiger partial charge in [0.15, 0.2) is 0 Å². The van der Waals surface area contributed by atoms with E-state index in [1.165, 1.54) is 18.2 Å². The van der Waals surface area contributed by atoms with E-state index in [9.17, 15) is 4.79 Å². The summed E-state index contributed by atoms with van der Waals surface area (Å²) in [6.45, 7) is 2.03. The molecule has 2 N–H and O–H groups in total. The molecule has 1 aromatic heterocycles. The molecule has 0 fully saturated rings. The topological polar surface area (TPSA) is 65.2 Å². The van der Waals surface area contributed by atoms with Crippen LogP contribution in [0.5, 0.6) is 0 Å². The SMILES string of the molecule is COC(=O)c1ccc(CSc2ccc(N)cc2C)nc1. The monoisotopic (exact) mass is 288 g/mol. The van der Waals surface area contributed by atoms with Crippen molar-refractivity contribution in [3.63, 3.8) is 0 Å². The van der Waals surface area contributed by atoms with Crippen LogP contribution in [0.15, 0.2) is 41.4 Å². The number of nitrogens with zero attached hydrogens (tertiary/aromatic N) is 1. The van der Waals surface area contributed by atoms with Gasteiger partial charge in [-0.3, -0.25) is 4.98 Å². The van der Waals surface area contributed by atoms with E-state index in [2.05, 4.69) is 9.72 Å². The van der Waals surface area contributed by atoms with Crippen LogP contribution in [0.25, 0.3) is 0 Å².